The highest BCUT2D eigenvalue weighted by Crippen LogP contribution is 2.36. The van der Waals surface area contributed by atoms with Crippen molar-refractivity contribution in [3.8, 4) is 22.7 Å². The van der Waals surface area contributed by atoms with E-state index in [4.69, 9.17) is 27.2 Å². The van der Waals surface area contributed by atoms with E-state index in [9.17, 15) is 9.59 Å². The summed E-state index contributed by atoms with van der Waals surface area (Å²) in [4.78, 5) is 25.9. The Morgan fingerprint density at radius 3 is 2.69 bits per heavy atom. The number of aliphatic carboxylic acids is 1. The van der Waals surface area contributed by atoms with Gasteiger partial charge in [0.25, 0.3) is 5.91 Å². The van der Waals surface area contributed by atoms with Gasteiger partial charge in [-0.3, -0.25) is 14.5 Å². The number of ether oxygens (including phenoxy) is 1. The zero-order valence-corrected chi connectivity index (χ0v) is 21.8. The maximum atomic E-state index is 13.1. The van der Waals surface area contributed by atoms with Crippen LogP contribution in [0.4, 0.5) is 0 Å². The van der Waals surface area contributed by atoms with Gasteiger partial charge in [0.2, 0.25) is 0 Å². The summed E-state index contributed by atoms with van der Waals surface area (Å²) in [6.07, 6.45) is 4.99. The Bertz CT molecular complexity index is 1320. The van der Waals surface area contributed by atoms with Gasteiger partial charge >= 0.3 is 5.97 Å². The van der Waals surface area contributed by atoms with Gasteiger partial charge in [-0.2, -0.15) is 5.10 Å². The molecule has 4 rings (SSSR count). The maximum absolute atomic E-state index is 13.1. The van der Waals surface area contributed by atoms with Crippen LogP contribution in [0.2, 0.25) is 0 Å². The topological polar surface area (TPSA) is 84.7 Å². The predicted octanol–water partition coefficient (Wildman–Crippen LogP) is 5.70. The normalized spacial score (nSPS) is 14.6. The van der Waals surface area contributed by atoms with E-state index in [2.05, 4.69) is 6.92 Å². The van der Waals surface area contributed by atoms with Gasteiger partial charge in [0.05, 0.1) is 17.2 Å². The van der Waals surface area contributed by atoms with Crippen molar-refractivity contribution in [2.75, 3.05) is 13.2 Å². The van der Waals surface area contributed by atoms with Gasteiger partial charge in [0.1, 0.15) is 15.8 Å². The van der Waals surface area contributed by atoms with E-state index < -0.39 is 5.97 Å². The van der Waals surface area contributed by atoms with Gasteiger partial charge in [-0.05, 0) is 61.7 Å². The summed E-state index contributed by atoms with van der Waals surface area (Å²) in [5.41, 5.74) is 4.39. The number of hydrogen-bond donors (Lipinski definition) is 1. The predicted molar refractivity (Wildman–Crippen MR) is 146 cm³/mol. The minimum absolute atomic E-state index is 0.0126. The first-order valence-corrected chi connectivity index (χ1v) is 13.0. The molecule has 3 aromatic rings. The molecule has 36 heavy (non-hydrogen) atoms. The Hall–Kier alpha value is -3.43. The van der Waals surface area contributed by atoms with Crippen LogP contribution < -0.4 is 4.74 Å². The number of amides is 1. The number of carbonyl (C=O) groups excluding carboxylic acids is 1. The molecule has 1 aliphatic heterocycles. The molecule has 0 saturated carbocycles. The quantitative estimate of drug-likeness (QED) is 0.270. The van der Waals surface area contributed by atoms with Gasteiger partial charge in [-0.25, -0.2) is 4.68 Å². The van der Waals surface area contributed by atoms with Gasteiger partial charge in [0, 0.05) is 30.3 Å². The smallest absolute Gasteiger partial charge is 0.303 e. The number of nitrogens with zero attached hydrogens (tertiary/aromatic N) is 3. The Labute approximate surface area is 219 Å². The van der Waals surface area contributed by atoms with Gasteiger partial charge in [-0.15, -0.1) is 0 Å². The van der Waals surface area contributed by atoms with Crippen molar-refractivity contribution in [3.05, 3.63) is 70.8 Å². The number of para-hydroxylation sites is 1. The zero-order valence-electron chi connectivity index (χ0n) is 20.1. The van der Waals surface area contributed by atoms with E-state index in [-0.39, 0.29) is 18.9 Å². The minimum Gasteiger partial charge on any atom is -0.494 e. The number of thiocarbonyl (C=S) groups is 1. The fourth-order valence-corrected chi connectivity index (χ4v) is 5.15. The molecule has 1 aromatic heterocycles. The Morgan fingerprint density at radius 2 is 2.00 bits per heavy atom. The second kappa shape index (κ2) is 11.5. The summed E-state index contributed by atoms with van der Waals surface area (Å²) < 4.78 is 8.02. The average Bonchev–Trinajstić information content (AvgIpc) is 3.39. The molecule has 2 heterocycles. The number of benzene rings is 2. The number of rotatable bonds is 10. The molecule has 2 aromatic carbocycles. The maximum Gasteiger partial charge on any atom is 0.303 e. The molecule has 1 saturated heterocycles. The summed E-state index contributed by atoms with van der Waals surface area (Å²) in [5.74, 6) is -0.298. The highest BCUT2D eigenvalue weighted by atomic mass is 32.2. The van der Waals surface area contributed by atoms with Crippen molar-refractivity contribution < 1.29 is 19.4 Å². The lowest BCUT2D eigenvalue weighted by atomic mass is 10.0. The van der Waals surface area contributed by atoms with Crippen LogP contribution in [0.15, 0.2) is 59.6 Å². The van der Waals surface area contributed by atoms with Crippen LogP contribution in [0.25, 0.3) is 23.0 Å². The largest absolute Gasteiger partial charge is 0.494 e. The van der Waals surface area contributed by atoms with Gasteiger partial charge in [-0.1, -0.05) is 49.1 Å². The van der Waals surface area contributed by atoms with Crippen LogP contribution in [0.3, 0.4) is 0 Å². The number of carbonyl (C=O) groups is 2. The molecule has 1 fully saturated rings. The van der Waals surface area contributed by atoms with Crippen LogP contribution in [0.1, 0.15) is 37.3 Å². The SMILES string of the molecule is CCCOc1ccc(-c2nn(-c3ccccc3)cc2/C=C2\SC(=S)N(CCCC(=O)O)C2=O)c(C)c1. The number of carboxylic acid groups (broad SMARTS) is 1. The van der Waals surface area contributed by atoms with Crippen molar-refractivity contribution in [2.45, 2.75) is 33.1 Å². The molecular formula is C27H27N3O4S2. The third-order valence-electron chi connectivity index (χ3n) is 5.62. The second-order valence-electron chi connectivity index (χ2n) is 8.37. The third kappa shape index (κ3) is 5.85. The van der Waals surface area contributed by atoms with Crippen molar-refractivity contribution in [3.63, 3.8) is 0 Å². The van der Waals surface area contributed by atoms with E-state index in [1.807, 2.05) is 67.7 Å². The fourth-order valence-electron chi connectivity index (χ4n) is 3.85. The third-order valence-corrected chi connectivity index (χ3v) is 7.00. The molecule has 0 aliphatic carbocycles. The van der Waals surface area contributed by atoms with Gasteiger partial charge < -0.3 is 9.84 Å². The van der Waals surface area contributed by atoms with Crippen molar-refractivity contribution in [1.82, 2.24) is 14.7 Å². The lowest BCUT2D eigenvalue weighted by Crippen LogP contribution is -2.29. The molecule has 1 aliphatic rings. The fraction of sp³-hybridized carbons (Fsp3) is 0.259. The summed E-state index contributed by atoms with van der Waals surface area (Å²) in [6, 6.07) is 15.7. The van der Waals surface area contributed by atoms with E-state index in [1.54, 1.807) is 4.68 Å². The van der Waals surface area contributed by atoms with E-state index in [0.29, 0.717) is 22.3 Å². The zero-order chi connectivity index (χ0) is 25.7. The van der Waals surface area contributed by atoms with Crippen molar-refractivity contribution in [2.24, 2.45) is 0 Å². The number of hydrogen-bond acceptors (Lipinski definition) is 6. The van der Waals surface area contributed by atoms with Crippen LogP contribution in [0.5, 0.6) is 5.75 Å². The van der Waals surface area contributed by atoms with E-state index in [0.717, 1.165) is 40.2 Å². The monoisotopic (exact) mass is 521 g/mol. The molecule has 0 bridgehead atoms. The minimum atomic E-state index is -0.893. The summed E-state index contributed by atoms with van der Waals surface area (Å²) in [6.45, 7) is 5.02. The molecule has 0 radical (unpaired) electrons. The van der Waals surface area contributed by atoms with E-state index >= 15 is 0 Å². The number of carboxylic acids is 1. The number of aromatic nitrogens is 2. The highest BCUT2D eigenvalue weighted by Gasteiger charge is 2.32. The first-order chi connectivity index (χ1) is 17.4. The number of aryl methyl sites for hydroxylation is 1. The summed E-state index contributed by atoms with van der Waals surface area (Å²) in [7, 11) is 0. The molecule has 0 atom stereocenters. The lowest BCUT2D eigenvalue weighted by molar-refractivity contribution is -0.137. The first-order valence-electron chi connectivity index (χ1n) is 11.7. The van der Waals surface area contributed by atoms with E-state index in [1.165, 1.54) is 16.7 Å². The standard InChI is InChI=1S/C27H27N3O4S2/c1-3-14-34-21-11-12-22(18(2)15-21)25-19(17-30(28-25)20-8-5-4-6-9-20)16-23-26(33)29(27(35)36-23)13-7-10-24(31)32/h4-6,8-9,11-12,15-17H,3,7,10,13-14H2,1-2H3,(H,31,32)/b23-16-. The van der Waals surface area contributed by atoms with Crippen LogP contribution >= 0.6 is 24.0 Å². The van der Waals surface area contributed by atoms with Crippen molar-refractivity contribution in [1.29, 1.82) is 0 Å². The molecule has 0 unspecified atom stereocenters. The van der Waals surface area contributed by atoms with Crippen LogP contribution in [-0.2, 0) is 9.59 Å². The molecule has 9 heteroatoms. The Morgan fingerprint density at radius 1 is 1.22 bits per heavy atom. The van der Waals surface area contributed by atoms with Gasteiger partial charge in [0.15, 0.2) is 0 Å². The molecule has 7 nitrogen and oxygen atoms in total. The number of thioether (sulfide) groups is 1. The summed E-state index contributed by atoms with van der Waals surface area (Å²) in [5, 5.41) is 13.8. The molecular weight excluding hydrogens is 494 g/mol. The molecule has 0 spiro atoms. The van der Waals surface area contributed by atoms with Crippen molar-refractivity contribution >= 4 is 46.3 Å². The average molecular weight is 522 g/mol. The molecule has 1 amide bonds. The molecule has 1 N–H and O–H groups in total. The first kappa shape index (κ1) is 25.7. The van der Waals surface area contributed by atoms with Crippen LogP contribution in [0, 0.1) is 6.92 Å². The highest BCUT2D eigenvalue weighted by molar-refractivity contribution is 8.26. The lowest BCUT2D eigenvalue weighted by Gasteiger charge is -2.13. The summed E-state index contributed by atoms with van der Waals surface area (Å²) >= 11 is 6.64. The van der Waals surface area contributed by atoms with Crippen LogP contribution in [-0.4, -0.2) is 49.1 Å². The second-order valence-corrected chi connectivity index (χ2v) is 10.0. The Kier molecular flexibility index (Phi) is 8.22. The molecule has 186 valence electrons. The Balaban J connectivity index is 1.70.